The summed E-state index contributed by atoms with van der Waals surface area (Å²) in [5.41, 5.74) is -1.71. The van der Waals surface area contributed by atoms with E-state index in [1.54, 1.807) is 31.2 Å². The number of fused-ring (bicyclic) bond motifs is 3. The molecule has 2 aliphatic carbocycles. The van der Waals surface area contributed by atoms with E-state index in [2.05, 4.69) is 20.1 Å². The Morgan fingerprint density at radius 2 is 1.58 bits per heavy atom. The van der Waals surface area contributed by atoms with Crippen LogP contribution in [0.5, 0.6) is 23.0 Å². The first-order valence-corrected chi connectivity index (χ1v) is 30.6. The number of carbonyl (C=O) groups is 1. The molecule has 62 heavy (non-hydrogen) atoms. The van der Waals surface area contributed by atoms with E-state index in [9.17, 15) is 61.0 Å². The second kappa shape index (κ2) is 18.0. The molecular weight excluding hydrogens is 921 g/mol. The molecule has 7 rings (SSSR count). The fourth-order valence-corrected chi connectivity index (χ4v) is 13.5. The van der Waals surface area contributed by atoms with Gasteiger partial charge in [0.1, 0.15) is 30.3 Å². The van der Waals surface area contributed by atoms with Crippen LogP contribution in [0.4, 0.5) is 0 Å². The van der Waals surface area contributed by atoms with Crippen LogP contribution in [0.3, 0.4) is 0 Å². The number of rotatable bonds is 12. The van der Waals surface area contributed by atoms with Gasteiger partial charge in [-0.1, -0.05) is 12.1 Å². The average molecular weight is 979 g/mol. The number of aliphatic hydroxyl groups is 9. The van der Waals surface area contributed by atoms with Crippen LogP contribution in [0.15, 0.2) is 36.4 Å². The molecule has 4 unspecified atom stereocenters. The molecule has 0 aromatic heterocycles. The fourth-order valence-electron chi connectivity index (χ4n) is 9.17. The zero-order valence-corrected chi connectivity index (χ0v) is 37.9. The summed E-state index contributed by atoms with van der Waals surface area (Å²) in [7, 11) is 1.38. The standard InChI is InChI=1S/C40H48NO17.3CH3.Sn/c1-16-31(45)21(41-13-17-6-8-18(9-7-17)56-39-38(52)37(51)34(48)24(14-42)58-39)10-26(55-16)57-23-12-40(53,25(44)15-43)11-20-28(23)36(50)30-29(33(20)47)32(46)19-4-3-5-22(54-2)27(19)35(30)49;;;;/h3-8,16,21,23-24,26,31-32,34-35,37-39,41-43,45-53H,10-15H2,1-2H3;3*1H3;/t16-,21-,23-,24-,26?,31+,32?,34+,35?,37-,38+,39?,40-;;;;/m0..../s1. The molecule has 18 nitrogen and oxygen atoms in total. The van der Waals surface area contributed by atoms with Crippen molar-refractivity contribution in [3.8, 4) is 23.0 Å². The van der Waals surface area contributed by atoms with E-state index < -0.39 is 141 Å². The van der Waals surface area contributed by atoms with Crippen LogP contribution < -0.4 is 18.4 Å². The molecule has 2 saturated heterocycles. The van der Waals surface area contributed by atoms with Crippen LogP contribution in [0.2, 0.25) is 14.8 Å². The Hall–Kier alpha value is -3.19. The second-order valence-corrected chi connectivity index (χ2v) is 32.1. The van der Waals surface area contributed by atoms with Gasteiger partial charge in [0.25, 0.3) is 0 Å². The zero-order chi connectivity index (χ0) is 45.2. The number of hydrogen-bond donors (Lipinski definition) is 12. The first-order chi connectivity index (χ1) is 29.2. The van der Waals surface area contributed by atoms with Gasteiger partial charge in [-0.2, -0.15) is 0 Å². The van der Waals surface area contributed by atoms with Gasteiger partial charge in [0.2, 0.25) is 0 Å². The van der Waals surface area contributed by atoms with E-state index in [0.717, 1.165) is 9.14 Å². The monoisotopic (exact) mass is 979 g/mol. The summed E-state index contributed by atoms with van der Waals surface area (Å²) in [6, 6.07) is 9.50. The number of hydrogen-bond acceptors (Lipinski definition) is 18. The number of phenols is 2. The molecule has 0 radical (unpaired) electrons. The molecule has 19 heteroatoms. The molecule has 13 atom stereocenters. The van der Waals surface area contributed by atoms with Gasteiger partial charge in [0.05, 0.1) is 7.11 Å². The van der Waals surface area contributed by atoms with Gasteiger partial charge in [-0.15, -0.1) is 0 Å². The number of carbonyl (C=O) groups excluding carboxylic acids is 1. The summed E-state index contributed by atoms with van der Waals surface area (Å²) in [5.74, 6) is -1.45. The summed E-state index contributed by atoms with van der Waals surface area (Å²) in [6.45, 7) is 0.243. The third-order valence-corrected chi connectivity index (χ3v) is 18.3. The van der Waals surface area contributed by atoms with Crippen molar-refractivity contribution < 1.29 is 84.7 Å². The fraction of sp³-hybridized carbons (Fsp3) is 0.558. The van der Waals surface area contributed by atoms with Crippen LogP contribution in [0.25, 0.3) is 0 Å². The predicted octanol–water partition coefficient (Wildman–Crippen LogP) is -0.742. The van der Waals surface area contributed by atoms with Gasteiger partial charge in [0.15, 0.2) is 5.78 Å². The third-order valence-electron chi connectivity index (χ3n) is 12.6. The number of phenolic OH excluding ortho intramolecular Hbond substituents is 2. The normalized spacial score (nSPS) is 33.3. The number of aromatic hydroxyl groups is 2. The minimum absolute atomic E-state index is 0.0248. The van der Waals surface area contributed by atoms with Crippen LogP contribution in [0.1, 0.15) is 77.0 Å². The van der Waals surface area contributed by atoms with E-state index in [1.165, 1.54) is 13.2 Å². The summed E-state index contributed by atoms with van der Waals surface area (Å²) in [5, 5.41) is 124. The number of Topliss-reactive ketones (excluding diaryl/α,β-unsaturated/α-hetero) is 1. The van der Waals surface area contributed by atoms with Crippen LogP contribution in [-0.4, -0.2) is 162 Å². The van der Waals surface area contributed by atoms with Gasteiger partial charge in [-0.05, 0) is 11.6 Å². The topological polar surface area (TPSA) is 298 Å². The van der Waals surface area contributed by atoms with Crippen LogP contribution in [-0.2, 0) is 32.0 Å². The molecule has 4 aliphatic rings. The Morgan fingerprint density at radius 3 is 2.24 bits per heavy atom. The number of nitrogens with one attached hydrogen (secondary N) is 1. The molecule has 2 fully saturated rings. The Kier molecular flexibility index (Phi) is 13.6. The number of ketones is 1. The molecule has 0 amide bonds. The molecule has 0 saturated carbocycles. The van der Waals surface area contributed by atoms with Crippen molar-refractivity contribution in [1.82, 2.24) is 5.32 Å². The van der Waals surface area contributed by atoms with Gasteiger partial charge >= 0.3 is 233 Å². The minimum atomic E-state index is -3.03. The Bertz CT molecular complexity index is 2150. The summed E-state index contributed by atoms with van der Waals surface area (Å²) < 4.78 is 30.5. The number of aliphatic hydroxyl groups excluding tert-OH is 8. The van der Waals surface area contributed by atoms with Gasteiger partial charge < -0.3 is 35.4 Å². The van der Waals surface area contributed by atoms with Crippen LogP contribution in [0, 0.1) is 0 Å². The van der Waals surface area contributed by atoms with E-state index in [-0.39, 0.29) is 52.1 Å². The first kappa shape index (κ1) is 46.8. The summed E-state index contributed by atoms with van der Waals surface area (Å²) >= 11 is -3.03. The zero-order valence-electron chi connectivity index (χ0n) is 35.0. The van der Waals surface area contributed by atoms with Crippen molar-refractivity contribution in [1.29, 1.82) is 0 Å². The average Bonchev–Trinajstić information content (AvgIpc) is 3.23. The molecular formula is C43H57NO17Sn. The van der Waals surface area contributed by atoms with Gasteiger partial charge in [-0.25, -0.2) is 0 Å². The van der Waals surface area contributed by atoms with E-state index in [1.807, 2.05) is 6.07 Å². The second-order valence-electron chi connectivity index (χ2n) is 17.7. The molecule has 12 N–H and O–H groups in total. The van der Waals surface area contributed by atoms with Crippen molar-refractivity contribution in [2.45, 2.75) is 127 Å². The maximum absolute atomic E-state index is 13.1. The first-order valence-electron chi connectivity index (χ1n) is 20.6. The number of benzene rings is 3. The van der Waals surface area contributed by atoms with E-state index in [0.29, 0.717) is 5.75 Å². The third kappa shape index (κ3) is 8.44. The summed E-state index contributed by atoms with van der Waals surface area (Å²) in [6.07, 6.45) is -15.7. The van der Waals surface area contributed by atoms with Crippen molar-refractivity contribution in [3.63, 3.8) is 0 Å². The molecule has 3 aromatic carbocycles. The van der Waals surface area contributed by atoms with Crippen LogP contribution >= 0.6 is 0 Å². The van der Waals surface area contributed by atoms with Crippen molar-refractivity contribution in [2.75, 3.05) is 20.3 Å². The molecule has 340 valence electrons. The quantitative estimate of drug-likeness (QED) is 0.0786. The van der Waals surface area contributed by atoms with Crippen molar-refractivity contribution >= 4 is 27.7 Å². The van der Waals surface area contributed by atoms with Gasteiger partial charge in [-0.3, -0.25) is 4.79 Å². The molecule has 2 heterocycles. The van der Waals surface area contributed by atoms with Crippen molar-refractivity contribution in [2.24, 2.45) is 0 Å². The SMILES string of the molecule is COc1cccc2c1C(O)c1c(O)c3c(c(O)c1C2O)C[C@@](O)(C(=O)CO)C[C@@H]3OC1C[C@H](NCc2ccc(OC3O[C@@H](CO)[C@@H](O)[C@H](O)[C@H]3O)[c]([Sn]([CH3])([CH3])[CH3])c2)[C@H](O)[C@H](C)O1. The Morgan fingerprint density at radius 1 is 0.871 bits per heavy atom. The van der Waals surface area contributed by atoms with E-state index >= 15 is 0 Å². The molecule has 2 aliphatic heterocycles. The molecule has 0 bridgehead atoms. The Labute approximate surface area is 361 Å². The number of ether oxygens (including phenoxy) is 5. The van der Waals surface area contributed by atoms with Gasteiger partial charge in [0, 0.05) is 23.1 Å². The van der Waals surface area contributed by atoms with E-state index in [4.69, 9.17) is 23.7 Å². The molecule has 3 aromatic rings. The van der Waals surface area contributed by atoms with Crippen molar-refractivity contribution in [3.05, 3.63) is 75.3 Å². The maximum atomic E-state index is 13.1. The number of methoxy groups -OCH3 is 1. The molecule has 0 spiro atoms. The predicted molar refractivity (Wildman–Crippen MR) is 219 cm³/mol. The summed E-state index contributed by atoms with van der Waals surface area (Å²) in [4.78, 5) is 19.5. The Balaban J connectivity index is 1.15.